The van der Waals surface area contributed by atoms with E-state index < -0.39 is 5.97 Å². The first-order chi connectivity index (χ1) is 12.6. The minimum Gasteiger partial charge on any atom is -0.481 e. The Morgan fingerprint density at radius 1 is 1.35 bits per heavy atom. The number of carbonyl (C=O) groups is 1. The molecule has 3 heterocycles. The lowest BCUT2D eigenvalue weighted by molar-refractivity contribution is -0.138. The Kier molecular flexibility index (Phi) is 7.09. The third-order valence-corrected chi connectivity index (χ3v) is 7.77. The van der Waals surface area contributed by atoms with E-state index in [1.165, 1.54) is 20.9 Å². The summed E-state index contributed by atoms with van der Waals surface area (Å²) in [4.78, 5) is 16.1. The van der Waals surface area contributed by atoms with Crippen molar-refractivity contribution in [2.24, 2.45) is 0 Å². The molecule has 1 atom stereocenters. The maximum absolute atomic E-state index is 11.1. The van der Waals surface area contributed by atoms with Crippen molar-refractivity contribution in [2.75, 3.05) is 13.1 Å². The number of hydrogen-bond acceptors (Lipinski definition) is 4. The summed E-state index contributed by atoms with van der Waals surface area (Å²) in [6.45, 7) is 4.15. The highest BCUT2D eigenvalue weighted by Crippen LogP contribution is 2.38. The van der Waals surface area contributed by atoms with Crippen LogP contribution in [0.2, 0.25) is 0 Å². The predicted octanol–water partition coefficient (Wildman–Crippen LogP) is 5.90. The first kappa shape index (κ1) is 19.8. The van der Waals surface area contributed by atoms with E-state index >= 15 is 0 Å². The third-order valence-electron chi connectivity index (χ3n) is 4.91. The van der Waals surface area contributed by atoms with Gasteiger partial charge < -0.3 is 5.11 Å². The number of nitrogens with zero attached hydrogens (tertiary/aromatic N) is 1. The molecule has 140 valence electrons. The molecule has 2 aromatic heterocycles. The van der Waals surface area contributed by atoms with Crippen LogP contribution in [0.1, 0.15) is 47.9 Å². The SMILES string of the molecule is CCc1ccsc1C(=CCCN1CCC[C@H]1CC(=O)O)c1sccc1Br. The van der Waals surface area contributed by atoms with Gasteiger partial charge in [0.1, 0.15) is 0 Å². The van der Waals surface area contributed by atoms with Crippen molar-refractivity contribution in [3.8, 4) is 0 Å². The second kappa shape index (κ2) is 9.31. The first-order valence-corrected chi connectivity index (χ1v) is 11.6. The lowest BCUT2D eigenvalue weighted by Crippen LogP contribution is -2.32. The van der Waals surface area contributed by atoms with Crippen LogP contribution in [0.4, 0.5) is 0 Å². The second-order valence-electron chi connectivity index (χ2n) is 6.56. The quantitative estimate of drug-likeness (QED) is 0.540. The topological polar surface area (TPSA) is 40.5 Å². The molecule has 0 amide bonds. The van der Waals surface area contributed by atoms with E-state index in [1.807, 2.05) is 11.3 Å². The van der Waals surface area contributed by atoms with Gasteiger partial charge in [0, 0.05) is 32.4 Å². The van der Waals surface area contributed by atoms with E-state index in [9.17, 15) is 4.79 Å². The molecule has 0 aromatic carbocycles. The Morgan fingerprint density at radius 3 is 2.81 bits per heavy atom. The molecule has 6 heteroatoms. The van der Waals surface area contributed by atoms with E-state index in [0.29, 0.717) is 0 Å². The highest BCUT2D eigenvalue weighted by Gasteiger charge is 2.26. The minimum atomic E-state index is -0.688. The smallest absolute Gasteiger partial charge is 0.304 e. The summed E-state index contributed by atoms with van der Waals surface area (Å²) >= 11 is 7.27. The summed E-state index contributed by atoms with van der Waals surface area (Å²) in [5.41, 5.74) is 2.71. The van der Waals surface area contributed by atoms with Gasteiger partial charge >= 0.3 is 5.97 Å². The Morgan fingerprint density at radius 2 is 2.12 bits per heavy atom. The van der Waals surface area contributed by atoms with Crippen molar-refractivity contribution in [1.82, 2.24) is 4.90 Å². The van der Waals surface area contributed by atoms with Crippen molar-refractivity contribution < 1.29 is 9.90 Å². The molecule has 0 bridgehead atoms. The van der Waals surface area contributed by atoms with Crippen LogP contribution in [0.15, 0.2) is 33.4 Å². The largest absolute Gasteiger partial charge is 0.481 e. The van der Waals surface area contributed by atoms with Crippen molar-refractivity contribution in [2.45, 2.75) is 45.1 Å². The standard InChI is InChI=1S/C20H24BrNO2S2/c1-2-14-7-11-25-19(14)16(20-17(21)8-12-26-20)6-4-10-22-9-3-5-15(22)13-18(23)24/h6-8,11-12,15H,2-5,9-10,13H2,1H3,(H,23,24)/t15-/m0/s1. The predicted molar refractivity (Wildman–Crippen MR) is 114 cm³/mol. The third kappa shape index (κ3) is 4.66. The van der Waals surface area contributed by atoms with Crippen molar-refractivity contribution >= 4 is 50.1 Å². The molecule has 0 saturated carbocycles. The Hall–Kier alpha value is -0.950. The van der Waals surface area contributed by atoms with Gasteiger partial charge in [-0.05, 0) is 76.6 Å². The summed E-state index contributed by atoms with van der Waals surface area (Å²) in [7, 11) is 0. The van der Waals surface area contributed by atoms with Crippen LogP contribution >= 0.6 is 38.6 Å². The van der Waals surface area contributed by atoms with Gasteiger partial charge in [-0.1, -0.05) is 13.0 Å². The maximum atomic E-state index is 11.1. The van der Waals surface area contributed by atoms with Gasteiger partial charge in [-0.15, -0.1) is 22.7 Å². The van der Waals surface area contributed by atoms with E-state index in [2.05, 4.69) is 56.7 Å². The van der Waals surface area contributed by atoms with Crippen molar-refractivity contribution in [3.05, 3.63) is 48.8 Å². The fraction of sp³-hybridized carbons (Fsp3) is 0.450. The van der Waals surface area contributed by atoms with Crippen LogP contribution in [0.5, 0.6) is 0 Å². The van der Waals surface area contributed by atoms with Crippen LogP contribution in [0, 0.1) is 0 Å². The molecular formula is C20H24BrNO2S2. The molecule has 3 nitrogen and oxygen atoms in total. The molecular weight excluding hydrogens is 430 g/mol. The molecule has 2 aromatic rings. The van der Waals surface area contributed by atoms with Gasteiger partial charge in [0.15, 0.2) is 0 Å². The zero-order valence-corrected chi connectivity index (χ0v) is 18.1. The van der Waals surface area contributed by atoms with Crippen LogP contribution in [-0.2, 0) is 11.2 Å². The highest BCUT2D eigenvalue weighted by molar-refractivity contribution is 9.10. The van der Waals surface area contributed by atoms with Gasteiger partial charge in [-0.3, -0.25) is 9.69 Å². The summed E-state index contributed by atoms with van der Waals surface area (Å²) in [5, 5.41) is 13.4. The zero-order chi connectivity index (χ0) is 18.5. The Labute approximate surface area is 171 Å². The Balaban J connectivity index is 1.77. The monoisotopic (exact) mass is 453 g/mol. The number of hydrogen-bond donors (Lipinski definition) is 1. The molecule has 1 saturated heterocycles. The van der Waals surface area contributed by atoms with Gasteiger partial charge in [0.25, 0.3) is 0 Å². The summed E-state index contributed by atoms with van der Waals surface area (Å²) in [6.07, 6.45) is 6.69. The fourth-order valence-corrected chi connectivity index (χ4v) is 6.37. The number of carboxylic acids is 1. The molecule has 0 unspecified atom stereocenters. The van der Waals surface area contributed by atoms with Gasteiger partial charge in [0.2, 0.25) is 0 Å². The molecule has 0 aliphatic carbocycles. The van der Waals surface area contributed by atoms with Crippen LogP contribution in [0.25, 0.3) is 5.57 Å². The second-order valence-corrected chi connectivity index (χ2v) is 9.25. The molecule has 1 N–H and O–H groups in total. The number of aryl methyl sites for hydroxylation is 1. The number of carboxylic acid groups (broad SMARTS) is 1. The molecule has 1 fully saturated rings. The van der Waals surface area contributed by atoms with Gasteiger partial charge in [-0.2, -0.15) is 0 Å². The molecule has 26 heavy (non-hydrogen) atoms. The lowest BCUT2D eigenvalue weighted by atomic mass is 10.1. The van der Waals surface area contributed by atoms with Gasteiger partial charge in [0.05, 0.1) is 6.42 Å². The summed E-state index contributed by atoms with van der Waals surface area (Å²) in [5.74, 6) is -0.688. The normalized spacial score (nSPS) is 18.5. The molecule has 1 aliphatic rings. The zero-order valence-electron chi connectivity index (χ0n) is 14.9. The lowest BCUT2D eigenvalue weighted by Gasteiger charge is -2.22. The number of halogens is 1. The van der Waals surface area contributed by atoms with Gasteiger partial charge in [-0.25, -0.2) is 0 Å². The highest BCUT2D eigenvalue weighted by atomic mass is 79.9. The molecule has 0 spiro atoms. The first-order valence-electron chi connectivity index (χ1n) is 9.06. The van der Waals surface area contributed by atoms with Crippen LogP contribution < -0.4 is 0 Å². The average Bonchev–Trinajstić information content (AvgIpc) is 3.33. The molecule has 0 radical (unpaired) electrons. The molecule has 1 aliphatic heterocycles. The van der Waals surface area contributed by atoms with Crippen LogP contribution in [0.3, 0.4) is 0 Å². The summed E-state index contributed by atoms with van der Waals surface area (Å²) < 4.78 is 1.15. The van der Waals surface area contributed by atoms with E-state index in [4.69, 9.17) is 5.11 Å². The van der Waals surface area contributed by atoms with Crippen LogP contribution in [-0.4, -0.2) is 35.1 Å². The fourth-order valence-electron chi connectivity index (χ4n) is 3.62. The maximum Gasteiger partial charge on any atom is 0.304 e. The number of likely N-dealkylation sites (tertiary alicyclic amines) is 1. The number of rotatable bonds is 8. The average molecular weight is 454 g/mol. The van der Waals surface area contributed by atoms with E-state index in [1.54, 1.807) is 11.3 Å². The van der Waals surface area contributed by atoms with E-state index in [-0.39, 0.29) is 12.5 Å². The molecule has 3 rings (SSSR count). The number of aliphatic carboxylic acids is 1. The summed E-state index contributed by atoms with van der Waals surface area (Å²) in [6, 6.07) is 4.53. The van der Waals surface area contributed by atoms with Crippen molar-refractivity contribution in [1.29, 1.82) is 0 Å². The van der Waals surface area contributed by atoms with Crippen molar-refractivity contribution in [3.63, 3.8) is 0 Å². The van der Waals surface area contributed by atoms with E-state index in [0.717, 1.165) is 43.2 Å². The minimum absolute atomic E-state index is 0.200. The Bertz CT molecular complexity index is 780. The number of thiophene rings is 2.